The molecule has 19 heavy (non-hydrogen) atoms. The highest BCUT2D eigenvalue weighted by Gasteiger charge is 2.28. The van der Waals surface area contributed by atoms with E-state index in [9.17, 15) is 4.79 Å². The molecule has 0 aliphatic heterocycles. The maximum Gasteiger partial charge on any atom is 0.223 e. The van der Waals surface area contributed by atoms with Crippen molar-refractivity contribution < 1.29 is 4.79 Å². The Balaban J connectivity index is 0. The molecular weight excluding hydrogens is 260 g/mol. The van der Waals surface area contributed by atoms with E-state index in [1.54, 1.807) is 0 Å². The van der Waals surface area contributed by atoms with E-state index in [1.165, 1.54) is 0 Å². The third-order valence-corrected chi connectivity index (χ3v) is 3.50. The van der Waals surface area contributed by atoms with Gasteiger partial charge in [0.05, 0.1) is 0 Å². The molecule has 4 heteroatoms. The molecule has 0 aromatic rings. The third-order valence-electron chi connectivity index (χ3n) is 3.50. The van der Waals surface area contributed by atoms with Crippen LogP contribution in [0.3, 0.4) is 0 Å². The van der Waals surface area contributed by atoms with E-state index in [0.29, 0.717) is 12.5 Å². The van der Waals surface area contributed by atoms with Crippen LogP contribution in [-0.2, 0) is 4.79 Å². The molecule has 116 valence electrons. The summed E-state index contributed by atoms with van der Waals surface area (Å²) in [5.41, 5.74) is 5.57. The summed E-state index contributed by atoms with van der Waals surface area (Å²) in [5, 5.41) is 3.17. The first-order chi connectivity index (χ1) is 8.38. The highest BCUT2D eigenvalue weighted by Crippen LogP contribution is 2.18. The molecule has 0 rings (SSSR count). The van der Waals surface area contributed by atoms with Crippen molar-refractivity contribution >= 4 is 18.3 Å². The number of carbonyl (C=O) groups excluding carboxylic acids is 1. The average molecular weight is 293 g/mol. The van der Waals surface area contributed by atoms with Crippen LogP contribution in [0.5, 0.6) is 0 Å². The van der Waals surface area contributed by atoms with Crippen molar-refractivity contribution in [2.24, 2.45) is 17.6 Å². The van der Waals surface area contributed by atoms with Gasteiger partial charge in [-0.25, -0.2) is 0 Å². The van der Waals surface area contributed by atoms with E-state index in [4.69, 9.17) is 5.73 Å². The van der Waals surface area contributed by atoms with Crippen LogP contribution >= 0.6 is 12.4 Å². The lowest BCUT2D eigenvalue weighted by Crippen LogP contribution is -2.53. The number of nitrogens with two attached hydrogens (primary N) is 1. The molecule has 0 saturated heterocycles. The molecule has 0 aromatic heterocycles. The zero-order chi connectivity index (χ0) is 14.2. The normalized spacial score (nSPS) is 15.5. The summed E-state index contributed by atoms with van der Waals surface area (Å²) in [6.07, 6.45) is 5.09. The van der Waals surface area contributed by atoms with E-state index >= 15 is 0 Å². The van der Waals surface area contributed by atoms with Gasteiger partial charge in [0.2, 0.25) is 5.91 Å². The van der Waals surface area contributed by atoms with Gasteiger partial charge in [0.15, 0.2) is 0 Å². The Morgan fingerprint density at radius 2 is 1.89 bits per heavy atom. The predicted octanol–water partition coefficient (Wildman–Crippen LogP) is 3.50. The van der Waals surface area contributed by atoms with Gasteiger partial charge in [-0.3, -0.25) is 4.79 Å². The second kappa shape index (κ2) is 10.5. The van der Waals surface area contributed by atoms with Gasteiger partial charge in [0.1, 0.15) is 0 Å². The van der Waals surface area contributed by atoms with Gasteiger partial charge in [-0.1, -0.05) is 40.5 Å². The Morgan fingerprint density at radius 3 is 2.26 bits per heavy atom. The molecule has 0 aromatic carbocycles. The Bertz CT molecular complexity index is 246. The number of rotatable bonds is 9. The molecule has 3 nitrogen and oxygen atoms in total. The molecule has 0 aliphatic carbocycles. The molecule has 3 N–H and O–H groups in total. The maximum atomic E-state index is 12.3. The van der Waals surface area contributed by atoms with Gasteiger partial charge in [0.25, 0.3) is 0 Å². The van der Waals surface area contributed by atoms with E-state index in [1.807, 2.05) is 0 Å². The molecule has 0 bridgehead atoms. The molecule has 2 unspecified atom stereocenters. The summed E-state index contributed by atoms with van der Waals surface area (Å²) >= 11 is 0. The van der Waals surface area contributed by atoms with Crippen molar-refractivity contribution in [1.82, 2.24) is 5.32 Å². The van der Waals surface area contributed by atoms with E-state index < -0.39 is 0 Å². The summed E-state index contributed by atoms with van der Waals surface area (Å²) in [7, 11) is 0. The number of unbranched alkanes of at least 4 members (excludes halogenated alkanes) is 1. The number of nitrogens with one attached hydrogen (secondary N) is 1. The van der Waals surface area contributed by atoms with Crippen molar-refractivity contribution in [2.45, 2.75) is 72.3 Å². The van der Waals surface area contributed by atoms with Crippen molar-refractivity contribution in [3.05, 3.63) is 0 Å². The van der Waals surface area contributed by atoms with Crippen molar-refractivity contribution in [2.75, 3.05) is 6.54 Å². The first kappa shape index (κ1) is 21.0. The van der Waals surface area contributed by atoms with Crippen molar-refractivity contribution in [3.63, 3.8) is 0 Å². The minimum Gasteiger partial charge on any atom is -0.349 e. The van der Waals surface area contributed by atoms with Crippen LogP contribution in [0.1, 0.15) is 66.7 Å². The van der Waals surface area contributed by atoms with Crippen molar-refractivity contribution in [1.29, 1.82) is 0 Å². The van der Waals surface area contributed by atoms with Crippen LogP contribution < -0.4 is 11.1 Å². The Morgan fingerprint density at radius 1 is 1.32 bits per heavy atom. The smallest absolute Gasteiger partial charge is 0.223 e. The molecule has 0 saturated carbocycles. The molecule has 0 spiro atoms. The molecule has 2 atom stereocenters. The summed E-state index contributed by atoms with van der Waals surface area (Å²) in [6, 6.07) is 0. The van der Waals surface area contributed by atoms with Gasteiger partial charge in [-0.15, -0.1) is 12.4 Å². The van der Waals surface area contributed by atoms with Crippen LogP contribution in [0.15, 0.2) is 0 Å². The predicted molar refractivity (Wildman–Crippen MR) is 85.6 cm³/mol. The zero-order valence-electron chi connectivity index (χ0n) is 13.3. The van der Waals surface area contributed by atoms with Crippen LogP contribution in [-0.4, -0.2) is 18.0 Å². The van der Waals surface area contributed by atoms with Crippen LogP contribution in [0, 0.1) is 11.8 Å². The van der Waals surface area contributed by atoms with E-state index in [0.717, 1.165) is 32.1 Å². The van der Waals surface area contributed by atoms with Crippen LogP contribution in [0.4, 0.5) is 0 Å². The second-order valence-corrected chi connectivity index (χ2v) is 6.10. The Hall–Kier alpha value is -0.280. The first-order valence-corrected chi connectivity index (χ1v) is 7.40. The van der Waals surface area contributed by atoms with E-state index in [2.05, 4.69) is 39.9 Å². The van der Waals surface area contributed by atoms with Gasteiger partial charge >= 0.3 is 0 Å². The molecule has 0 fully saturated rings. The maximum absolute atomic E-state index is 12.3. The quantitative estimate of drug-likeness (QED) is 0.683. The van der Waals surface area contributed by atoms with Crippen LogP contribution in [0.2, 0.25) is 0 Å². The number of hydrogen-bond donors (Lipinski definition) is 2. The summed E-state index contributed by atoms with van der Waals surface area (Å²) < 4.78 is 0. The Kier molecular flexibility index (Phi) is 11.6. The Labute approximate surface area is 125 Å². The standard InChI is InChI=1S/C15H32N2O.ClH/c1-6-8-9-13(7-2)14(18)17-15(5,11-16)10-12(3)4;/h12-13H,6-11,16H2,1-5H3,(H,17,18);1H. The number of hydrogen-bond acceptors (Lipinski definition) is 2. The lowest BCUT2D eigenvalue weighted by atomic mass is 9.89. The van der Waals surface area contributed by atoms with Gasteiger partial charge in [-0.2, -0.15) is 0 Å². The highest BCUT2D eigenvalue weighted by molar-refractivity contribution is 5.85. The lowest BCUT2D eigenvalue weighted by molar-refractivity contribution is -0.127. The molecule has 0 radical (unpaired) electrons. The molecule has 1 amide bonds. The summed E-state index contributed by atoms with van der Waals surface area (Å²) in [5.74, 6) is 0.858. The third kappa shape index (κ3) is 8.48. The summed E-state index contributed by atoms with van der Waals surface area (Å²) in [6.45, 7) is 11.1. The number of amides is 1. The topological polar surface area (TPSA) is 55.1 Å². The fourth-order valence-electron chi connectivity index (χ4n) is 2.46. The number of halogens is 1. The lowest BCUT2D eigenvalue weighted by Gasteiger charge is -2.32. The molecule has 0 aliphatic rings. The van der Waals surface area contributed by atoms with Gasteiger partial charge in [0, 0.05) is 18.0 Å². The first-order valence-electron chi connectivity index (χ1n) is 7.40. The SMILES string of the molecule is CCCCC(CC)C(=O)NC(C)(CN)CC(C)C.Cl. The average Bonchev–Trinajstić information content (AvgIpc) is 2.28. The monoisotopic (exact) mass is 292 g/mol. The van der Waals surface area contributed by atoms with E-state index in [-0.39, 0.29) is 29.8 Å². The fraction of sp³-hybridized carbons (Fsp3) is 0.933. The minimum atomic E-state index is -0.259. The fourth-order valence-corrected chi connectivity index (χ4v) is 2.46. The van der Waals surface area contributed by atoms with Gasteiger partial charge < -0.3 is 11.1 Å². The molecular formula is C15H33ClN2O. The second-order valence-electron chi connectivity index (χ2n) is 6.10. The van der Waals surface area contributed by atoms with Gasteiger partial charge in [-0.05, 0) is 32.1 Å². The zero-order valence-corrected chi connectivity index (χ0v) is 14.1. The van der Waals surface area contributed by atoms with Crippen LogP contribution in [0.25, 0.3) is 0 Å². The summed E-state index contributed by atoms with van der Waals surface area (Å²) in [4.78, 5) is 12.3. The minimum absolute atomic E-state index is 0. The van der Waals surface area contributed by atoms with Crippen molar-refractivity contribution in [3.8, 4) is 0 Å². The number of carbonyl (C=O) groups is 1. The highest BCUT2D eigenvalue weighted by atomic mass is 35.5. The molecule has 0 heterocycles. The largest absolute Gasteiger partial charge is 0.349 e.